The van der Waals surface area contributed by atoms with E-state index >= 15 is 0 Å². The topological polar surface area (TPSA) is 81.8 Å². The van der Waals surface area contributed by atoms with Crippen molar-refractivity contribution < 1.29 is 8.42 Å². The summed E-state index contributed by atoms with van der Waals surface area (Å²) < 4.78 is 31.0. The number of hydrogen-bond acceptors (Lipinski definition) is 4. The van der Waals surface area contributed by atoms with Gasteiger partial charge in [0.25, 0.3) is 0 Å². The molecule has 0 amide bonds. The first-order valence-corrected chi connectivity index (χ1v) is 8.45. The first kappa shape index (κ1) is 15.7. The van der Waals surface area contributed by atoms with Gasteiger partial charge in [-0.3, -0.25) is 9.36 Å². The highest BCUT2D eigenvalue weighted by Gasteiger charge is 2.24. The van der Waals surface area contributed by atoms with Crippen molar-refractivity contribution in [3.63, 3.8) is 0 Å². The Morgan fingerprint density at radius 1 is 1.33 bits per heavy atom. The van der Waals surface area contributed by atoms with Crippen molar-refractivity contribution in [1.82, 2.24) is 24.3 Å². The van der Waals surface area contributed by atoms with Gasteiger partial charge in [0.15, 0.2) is 0 Å². The Kier molecular flexibility index (Phi) is 4.48. The monoisotopic (exact) mass is 311 g/mol. The summed E-state index contributed by atoms with van der Waals surface area (Å²) in [6, 6.07) is 1.42. The molecule has 0 bridgehead atoms. The molecule has 0 aliphatic carbocycles. The van der Waals surface area contributed by atoms with E-state index in [1.165, 1.54) is 6.20 Å². The first-order chi connectivity index (χ1) is 9.89. The van der Waals surface area contributed by atoms with Crippen LogP contribution in [0.2, 0.25) is 0 Å². The average molecular weight is 311 g/mol. The SMILES string of the molecule is CCn1ccc([C@H](C)NS(=O)(=O)c2cnn(CC)c2C)n1. The van der Waals surface area contributed by atoms with E-state index in [1.54, 1.807) is 23.2 Å². The van der Waals surface area contributed by atoms with E-state index in [0.717, 1.165) is 6.54 Å². The van der Waals surface area contributed by atoms with Crippen molar-refractivity contribution in [2.75, 3.05) is 0 Å². The minimum atomic E-state index is -3.61. The molecule has 2 rings (SSSR count). The van der Waals surface area contributed by atoms with Crippen LogP contribution in [0.15, 0.2) is 23.4 Å². The van der Waals surface area contributed by atoms with Crippen LogP contribution >= 0.6 is 0 Å². The minimum Gasteiger partial charge on any atom is -0.273 e. The van der Waals surface area contributed by atoms with Gasteiger partial charge in [-0.25, -0.2) is 13.1 Å². The second-order valence-corrected chi connectivity index (χ2v) is 6.53. The van der Waals surface area contributed by atoms with E-state index in [1.807, 2.05) is 26.1 Å². The van der Waals surface area contributed by atoms with Gasteiger partial charge in [0.2, 0.25) is 10.0 Å². The molecule has 116 valence electrons. The number of nitrogens with zero attached hydrogens (tertiary/aromatic N) is 4. The molecule has 0 aromatic carbocycles. The second-order valence-electron chi connectivity index (χ2n) is 4.85. The zero-order chi connectivity index (χ0) is 15.6. The van der Waals surface area contributed by atoms with Gasteiger partial charge in [-0.1, -0.05) is 0 Å². The number of rotatable bonds is 6. The van der Waals surface area contributed by atoms with Crippen molar-refractivity contribution >= 4 is 10.0 Å². The lowest BCUT2D eigenvalue weighted by Gasteiger charge is -2.12. The molecule has 2 aromatic heterocycles. The fourth-order valence-electron chi connectivity index (χ4n) is 2.15. The summed E-state index contributed by atoms with van der Waals surface area (Å²) in [5.41, 5.74) is 1.33. The molecule has 2 aromatic rings. The molecule has 0 aliphatic heterocycles. The average Bonchev–Trinajstić information content (AvgIpc) is 3.04. The van der Waals surface area contributed by atoms with E-state index < -0.39 is 16.1 Å². The first-order valence-electron chi connectivity index (χ1n) is 6.97. The predicted octanol–water partition coefficient (Wildman–Crippen LogP) is 1.47. The van der Waals surface area contributed by atoms with Crippen molar-refractivity contribution in [3.8, 4) is 0 Å². The maximum atomic E-state index is 12.4. The number of hydrogen-bond donors (Lipinski definition) is 1. The third kappa shape index (κ3) is 3.16. The molecule has 1 atom stereocenters. The highest BCUT2D eigenvalue weighted by Crippen LogP contribution is 2.18. The maximum absolute atomic E-state index is 12.4. The molecule has 7 nitrogen and oxygen atoms in total. The zero-order valence-corrected chi connectivity index (χ0v) is 13.6. The van der Waals surface area contributed by atoms with E-state index in [9.17, 15) is 8.42 Å². The van der Waals surface area contributed by atoms with E-state index in [2.05, 4.69) is 14.9 Å². The Bertz CT molecular complexity index is 717. The molecule has 0 aliphatic rings. The molecular formula is C13H21N5O2S. The smallest absolute Gasteiger partial charge is 0.244 e. The van der Waals surface area contributed by atoms with Gasteiger partial charge in [-0.2, -0.15) is 10.2 Å². The molecule has 1 N–H and O–H groups in total. The Morgan fingerprint density at radius 3 is 2.57 bits per heavy atom. The van der Waals surface area contributed by atoms with Crippen LogP contribution in [0.4, 0.5) is 0 Å². The van der Waals surface area contributed by atoms with E-state index in [4.69, 9.17) is 0 Å². The molecule has 0 spiro atoms. The van der Waals surface area contributed by atoms with Crippen molar-refractivity contribution in [2.24, 2.45) is 0 Å². The van der Waals surface area contributed by atoms with Crippen LogP contribution in [0.5, 0.6) is 0 Å². The highest BCUT2D eigenvalue weighted by atomic mass is 32.2. The Hall–Kier alpha value is -1.67. The molecular weight excluding hydrogens is 290 g/mol. The zero-order valence-electron chi connectivity index (χ0n) is 12.7. The van der Waals surface area contributed by atoms with Gasteiger partial charge < -0.3 is 0 Å². The van der Waals surface area contributed by atoms with Gasteiger partial charge in [-0.05, 0) is 33.8 Å². The standard InChI is InChI=1S/C13H21N5O2S/c1-5-17-8-7-12(15-17)10(3)16-21(19,20)13-9-14-18(6-2)11(13)4/h7-10,16H,5-6H2,1-4H3/t10-/m0/s1. The molecule has 2 heterocycles. The Balaban J connectivity index is 2.22. The lowest BCUT2D eigenvalue weighted by atomic mass is 10.3. The van der Waals surface area contributed by atoms with Crippen molar-refractivity contribution in [3.05, 3.63) is 29.8 Å². The molecule has 0 fully saturated rings. The summed E-state index contributed by atoms with van der Waals surface area (Å²) >= 11 is 0. The number of nitrogens with one attached hydrogen (secondary N) is 1. The molecule has 0 saturated heterocycles. The third-order valence-electron chi connectivity index (χ3n) is 3.41. The van der Waals surface area contributed by atoms with Gasteiger partial charge >= 0.3 is 0 Å². The summed E-state index contributed by atoms with van der Waals surface area (Å²) in [4.78, 5) is 0.214. The van der Waals surface area contributed by atoms with Gasteiger partial charge in [0.05, 0.1) is 23.6 Å². The van der Waals surface area contributed by atoms with Crippen LogP contribution in [-0.2, 0) is 23.1 Å². The maximum Gasteiger partial charge on any atom is 0.244 e. The van der Waals surface area contributed by atoms with Gasteiger partial charge in [-0.15, -0.1) is 0 Å². The van der Waals surface area contributed by atoms with E-state index in [-0.39, 0.29) is 4.90 Å². The van der Waals surface area contributed by atoms with Crippen LogP contribution < -0.4 is 4.72 Å². The lowest BCUT2D eigenvalue weighted by Crippen LogP contribution is -2.27. The summed E-state index contributed by atoms with van der Waals surface area (Å²) in [6.45, 7) is 8.82. The van der Waals surface area contributed by atoms with Crippen molar-refractivity contribution in [1.29, 1.82) is 0 Å². The van der Waals surface area contributed by atoms with E-state index in [0.29, 0.717) is 17.9 Å². The number of aryl methyl sites for hydroxylation is 2. The largest absolute Gasteiger partial charge is 0.273 e. The van der Waals surface area contributed by atoms with Crippen LogP contribution in [0.3, 0.4) is 0 Å². The minimum absolute atomic E-state index is 0.214. The van der Waals surface area contributed by atoms with Crippen LogP contribution in [0.1, 0.15) is 38.2 Å². The molecule has 0 saturated carbocycles. The molecule has 0 radical (unpaired) electrons. The fraction of sp³-hybridized carbons (Fsp3) is 0.538. The van der Waals surface area contributed by atoms with Gasteiger partial charge in [0, 0.05) is 19.3 Å². The van der Waals surface area contributed by atoms with Crippen LogP contribution in [0, 0.1) is 6.92 Å². The number of aromatic nitrogens is 4. The summed E-state index contributed by atoms with van der Waals surface area (Å²) in [6.07, 6.45) is 3.22. The van der Waals surface area contributed by atoms with Gasteiger partial charge in [0.1, 0.15) is 4.90 Å². The Morgan fingerprint density at radius 2 is 2.05 bits per heavy atom. The van der Waals surface area contributed by atoms with Crippen LogP contribution in [0.25, 0.3) is 0 Å². The normalized spacial score (nSPS) is 13.5. The predicted molar refractivity (Wildman–Crippen MR) is 79.3 cm³/mol. The quantitative estimate of drug-likeness (QED) is 0.876. The molecule has 21 heavy (non-hydrogen) atoms. The fourth-order valence-corrected chi connectivity index (χ4v) is 3.55. The third-order valence-corrected chi connectivity index (χ3v) is 5.05. The second kappa shape index (κ2) is 5.98. The molecule has 8 heteroatoms. The highest BCUT2D eigenvalue weighted by molar-refractivity contribution is 7.89. The summed E-state index contributed by atoms with van der Waals surface area (Å²) in [5.74, 6) is 0. The number of sulfonamides is 1. The van der Waals surface area contributed by atoms with Crippen molar-refractivity contribution in [2.45, 2.75) is 51.7 Å². The lowest BCUT2D eigenvalue weighted by molar-refractivity contribution is 0.556. The molecule has 0 unspecified atom stereocenters. The summed E-state index contributed by atoms with van der Waals surface area (Å²) in [7, 11) is -3.61. The summed E-state index contributed by atoms with van der Waals surface area (Å²) in [5, 5.41) is 8.39. The Labute approximate surface area is 125 Å². The van der Waals surface area contributed by atoms with Crippen LogP contribution in [-0.4, -0.2) is 28.0 Å².